The van der Waals surface area contributed by atoms with Crippen molar-refractivity contribution in [2.45, 2.75) is 45.8 Å². The van der Waals surface area contributed by atoms with Crippen LogP contribution in [0.15, 0.2) is 47.1 Å². The molecule has 0 bridgehead atoms. The lowest BCUT2D eigenvalue weighted by Gasteiger charge is -2.32. The summed E-state index contributed by atoms with van der Waals surface area (Å²) in [5, 5.41) is 1.08. The van der Waals surface area contributed by atoms with Crippen molar-refractivity contribution in [1.29, 1.82) is 0 Å². The summed E-state index contributed by atoms with van der Waals surface area (Å²) < 4.78 is 18.4. The van der Waals surface area contributed by atoms with Gasteiger partial charge >= 0.3 is 7.12 Å². The highest BCUT2D eigenvalue weighted by Crippen LogP contribution is 2.37. The standard InChI is InChI=1S/C20H22BNO3/c1-13-15-11-18(14-7-6-10-22-12-14)23-17(15)9-8-16(13)21-24-19(2,3)20(4,5)25-21/h6-12H,1-5H3. The zero-order chi connectivity index (χ0) is 17.8. The van der Waals surface area contributed by atoms with Gasteiger partial charge in [-0.25, -0.2) is 0 Å². The molecule has 1 fully saturated rings. The molecule has 4 nitrogen and oxygen atoms in total. The molecule has 1 aromatic carbocycles. The number of aryl methyl sites for hydroxylation is 1. The van der Waals surface area contributed by atoms with E-state index in [1.807, 2.05) is 30.5 Å². The van der Waals surface area contributed by atoms with Gasteiger partial charge in [0.25, 0.3) is 0 Å². The number of furan rings is 1. The van der Waals surface area contributed by atoms with E-state index in [0.717, 1.165) is 33.3 Å². The van der Waals surface area contributed by atoms with Crippen LogP contribution in [0, 0.1) is 6.92 Å². The average Bonchev–Trinajstić information content (AvgIpc) is 3.08. The fraction of sp³-hybridized carbons (Fsp3) is 0.350. The fourth-order valence-electron chi connectivity index (χ4n) is 3.14. The van der Waals surface area contributed by atoms with Crippen molar-refractivity contribution in [3.05, 3.63) is 48.3 Å². The summed E-state index contributed by atoms with van der Waals surface area (Å²) in [6.45, 7) is 10.4. The zero-order valence-corrected chi connectivity index (χ0v) is 15.3. The van der Waals surface area contributed by atoms with Gasteiger partial charge in [-0.2, -0.15) is 0 Å². The van der Waals surface area contributed by atoms with Crippen LogP contribution in [-0.4, -0.2) is 23.3 Å². The van der Waals surface area contributed by atoms with E-state index in [4.69, 9.17) is 13.7 Å². The minimum atomic E-state index is -0.369. The van der Waals surface area contributed by atoms with E-state index in [0.29, 0.717) is 0 Å². The first-order valence-electron chi connectivity index (χ1n) is 8.58. The van der Waals surface area contributed by atoms with Crippen molar-refractivity contribution in [3.63, 3.8) is 0 Å². The molecule has 25 heavy (non-hydrogen) atoms. The van der Waals surface area contributed by atoms with Crippen molar-refractivity contribution in [1.82, 2.24) is 4.98 Å². The Morgan fingerprint density at radius 1 is 1.00 bits per heavy atom. The van der Waals surface area contributed by atoms with Crippen molar-refractivity contribution >= 4 is 23.6 Å². The van der Waals surface area contributed by atoms with Gasteiger partial charge in [0, 0.05) is 23.3 Å². The highest BCUT2D eigenvalue weighted by molar-refractivity contribution is 6.63. The van der Waals surface area contributed by atoms with E-state index in [1.54, 1.807) is 6.20 Å². The van der Waals surface area contributed by atoms with Crippen LogP contribution >= 0.6 is 0 Å². The van der Waals surface area contributed by atoms with E-state index >= 15 is 0 Å². The Balaban J connectivity index is 1.77. The average molecular weight is 335 g/mol. The molecule has 1 saturated heterocycles. The van der Waals surface area contributed by atoms with E-state index in [-0.39, 0.29) is 18.3 Å². The third-order valence-corrected chi connectivity index (χ3v) is 5.47. The first-order valence-corrected chi connectivity index (χ1v) is 8.58. The summed E-state index contributed by atoms with van der Waals surface area (Å²) in [4.78, 5) is 4.17. The minimum Gasteiger partial charge on any atom is -0.456 e. The molecule has 0 radical (unpaired) electrons. The summed E-state index contributed by atoms with van der Waals surface area (Å²) in [6.07, 6.45) is 3.57. The van der Waals surface area contributed by atoms with Gasteiger partial charge in [0.05, 0.1) is 11.2 Å². The second-order valence-corrected chi connectivity index (χ2v) is 7.63. The molecule has 1 aliphatic heterocycles. The lowest BCUT2D eigenvalue weighted by molar-refractivity contribution is 0.00578. The smallest absolute Gasteiger partial charge is 0.456 e. The van der Waals surface area contributed by atoms with Gasteiger partial charge in [-0.05, 0) is 69.9 Å². The molecule has 4 rings (SSSR count). The third kappa shape index (κ3) is 2.59. The number of hydrogen-bond donors (Lipinski definition) is 0. The molecule has 5 heteroatoms. The molecule has 128 valence electrons. The topological polar surface area (TPSA) is 44.5 Å². The van der Waals surface area contributed by atoms with Crippen LogP contribution < -0.4 is 5.46 Å². The number of aromatic nitrogens is 1. The largest absolute Gasteiger partial charge is 0.495 e. The summed E-state index contributed by atoms with van der Waals surface area (Å²) in [7, 11) is -0.369. The van der Waals surface area contributed by atoms with Gasteiger partial charge < -0.3 is 13.7 Å². The van der Waals surface area contributed by atoms with Crippen LogP contribution in [-0.2, 0) is 9.31 Å². The van der Waals surface area contributed by atoms with Gasteiger partial charge in [0.1, 0.15) is 11.3 Å². The maximum atomic E-state index is 6.21. The molecular formula is C20H22BNO3. The van der Waals surface area contributed by atoms with E-state index in [1.165, 1.54) is 0 Å². The van der Waals surface area contributed by atoms with Gasteiger partial charge in [0.2, 0.25) is 0 Å². The predicted octanol–water partition coefficient (Wildman–Crippen LogP) is 4.10. The lowest BCUT2D eigenvalue weighted by atomic mass is 9.75. The number of benzene rings is 1. The molecule has 0 spiro atoms. The zero-order valence-electron chi connectivity index (χ0n) is 15.3. The van der Waals surface area contributed by atoms with Gasteiger partial charge in [0.15, 0.2) is 0 Å². The van der Waals surface area contributed by atoms with Gasteiger partial charge in [-0.1, -0.05) is 6.07 Å². The Morgan fingerprint density at radius 2 is 1.72 bits per heavy atom. The molecular weight excluding hydrogens is 313 g/mol. The highest BCUT2D eigenvalue weighted by atomic mass is 16.7. The second-order valence-electron chi connectivity index (χ2n) is 7.63. The fourth-order valence-corrected chi connectivity index (χ4v) is 3.14. The SMILES string of the molecule is Cc1c(B2OC(C)(C)C(C)(C)O2)ccc2oc(-c3cccnc3)cc12. The molecule has 0 N–H and O–H groups in total. The van der Waals surface area contributed by atoms with Crippen molar-refractivity contribution in [3.8, 4) is 11.3 Å². The highest BCUT2D eigenvalue weighted by Gasteiger charge is 2.52. The van der Waals surface area contributed by atoms with Crippen LogP contribution in [0.1, 0.15) is 33.3 Å². The third-order valence-electron chi connectivity index (χ3n) is 5.47. The first kappa shape index (κ1) is 16.4. The maximum absolute atomic E-state index is 6.21. The lowest BCUT2D eigenvalue weighted by Crippen LogP contribution is -2.41. The Labute approximate surface area is 148 Å². The maximum Gasteiger partial charge on any atom is 0.495 e. The summed E-state index contributed by atoms with van der Waals surface area (Å²) >= 11 is 0. The minimum absolute atomic E-state index is 0.351. The normalized spacial score (nSPS) is 18.8. The molecule has 2 aromatic heterocycles. The summed E-state index contributed by atoms with van der Waals surface area (Å²) in [5.41, 5.74) is 3.29. The Bertz CT molecular complexity index is 915. The van der Waals surface area contributed by atoms with E-state index in [9.17, 15) is 0 Å². The molecule has 0 atom stereocenters. The van der Waals surface area contributed by atoms with Crippen molar-refractivity contribution < 1.29 is 13.7 Å². The molecule has 0 unspecified atom stereocenters. The number of nitrogens with zero attached hydrogens (tertiary/aromatic N) is 1. The monoisotopic (exact) mass is 335 g/mol. The predicted molar refractivity (Wildman–Crippen MR) is 99.9 cm³/mol. The summed E-state index contributed by atoms with van der Waals surface area (Å²) in [5.74, 6) is 0.817. The quantitative estimate of drug-likeness (QED) is 0.662. The van der Waals surface area contributed by atoms with Gasteiger partial charge in [-0.3, -0.25) is 4.98 Å². The van der Waals surface area contributed by atoms with Crippen LogP contribution in [0.2, 0.25) is 0 Å². The van der Waals surface area contributed by atoms with Gasteiger partial charge in [-0.15, -0.1) is 0 Å². The summed E-state index contributed by atoms with van der Waals surface area (Å²) in [6, 6.07) is 10.00. The Morgan fingerprint density at radius 3 is 2.36 bits per heavy atom. The van der Waals surface area contributed by atoms with Crippen LogP contribution in [0.25, 0.3) is 22.3 Å². The van der Waals surface area contributed by atoms with Crippen LogP contribution in [0.3, 0.4) is 0 Å². The molecule has 0 amide bonds. The number of fused-ring (bicyclic) bond motifs is 1. The molecule has 3 heterocycles. The van der Waals surface area contributed by atoms with Crippen LogP contribution in [0.4, 0.5) is 0 Å². The molecule has 0 aliphatic carbocycles. The van der Waals surface area contributed by atoms with Crippen LogP contribution in [0.5, 0.6) is 0 Å². The molecule has 1 aliphatic rings. The molecule has 0 saturated carbocycles. The number of rotatable bonds is 2. The van der Waals surface area contributed by atoms with E-state index in [2.05, 4.69) is 45.7 Å². The Kier molecular flexibility index (Phi) is 3.57. The number of pyridine rings is 1. The molecule has 3 aromatic rings. The van der Waals surface area contributed by atoms with E-state index < -0.39 is 0 Å². The first-order chi connectivity index (χ1) is 11.8. The van der Waals surface area contributed by atoms with Crippen molar-refractivity contribution in [2.75, 3.05) is 0 Å². The Hall–Kier alpha value is -2.11. The van der Waals surface area contributed by atoms with Crippen molar-refractivity contribution in [2.24, 2.45) is 0 Å². The second kappa shape index (κ2) is 5.45. The number of hydrogen-bond acceptors (Lipinski definition) is 4.